The minimum absolute atomic E-state index is 0.208. The van der Waals surface area contributed by atoms with Gasteiger partial charge in [0.25, 0.3) is 0 Å². The van der Waals surface area contributed by atoms with Gasteiger partial charge in [-0.3, -0.25) is 4.79 Å². The van der Waals surface area contributed by atoms with Gasteiger partial charge in [0.15, 0.2) is 0 Å². The van der Waals surface area contributed by atoms with Crippen LogP contribution in [0.4, 0.5) is 0 Å². The number of hydrogen-bond acceptors (Lipinski definition) is 2. The number of benzene rings is 1. The van der Waals surface area contributed by atoms with Crippen LogP contribution in [0.1, 0.15) is 50.5 Å². The fraction of sp³-hybridized carbons (Fsp3) is 0.500. The molecule has 4 heteroatoms. The summed E-state index contributed by atoms with van der Waals surface area (Å²) < 4.78 is 0. The molecule has 2 N–H and O–H groups in total. The van der Waals surface area contributed by atoms with E-state index in [0.29, 0.717) is 12.8 Å². The summed E-state index contributed by atoms with van der Waals surface area (Å²) in [6.07, 6.45) is 3.79. The summed E-state index contributed by atoms with van der Waals surface area (Å²) >= 11 is 0. The predicted molar refractivity (Wildman–Crippen MR) is 76.5 cm³/mol. The first kappa shape index (κ1) is 14.6. The highest BCUT2D eigenvalue weighted by molar-refractivity contribution is 5.90. The Kier molecular flexibility index (Phi) is 4.42. The zero-order valence-electron chi connectivity index (χ0n) is 11.8. The lowest BCUT2D eigenvalue weighted by Crippen LogP contribution is -2.56. The van der Waals surface area contributed by atoms with Crippen molar-refractivity contribution >= 4 is 11.9 Å². The second-order valence-electron chi connectivity index (χ2n) is 5.57. The topological polar surface area (TPSA) is 66.4 Å². The third kappa shape index (κ3) is 3.00. The highest BCUT2D eigenvalue weighted by Gasteiger charge is 2.41. The molecule has 0 spiro atoms. The van der Waals surface area contributed by atoms with Crippen molar-refractivity contribution in [1.29, 1.82) is 0 Å². The van der Waals surface area contributed by atoms with Crippen LogP contribution in [0.15, 0.2) is 30.3 Å². The summed E-state index contributed by atoms with van der Waals surface area (Å²) in [5, 5.41) is 12.3. The molecule has 1 aromatic carbocycles. The number of rotatable bonds is 4. The number of amides is 1. The number of carboxylic acids is 1. The van der Waals surface area contributed by atoms with Gasteiger partial charge in [-0.2, -0.15) is 0 Å². The largest absolute Gasteiger partial charge is 0.480 e. The lowest BCUT2D eigenvalue weighted by Gasteiger charge is -2.34. The molecule has 0 aromatic heterocycles. The molecule has 4 nitrogen and oxygen atoms in total. The highest BCUT2D eigenvalue weighted by atomic mass is 16.4. The molecule has 0 heterocycles. The summed E-state index contributed by atoms with van der Waals surface area (Å²) in [7, 11) is 0. The molecular weight excluding hydrogens is 254 g/mol. The molecule has 2 rings (SSSR count). The SMILES string of the molecule is C[C@@H](C(=O)NC1(C(=O)O)CCCCC1)c1ccccc1. The average Bonchev–Trinajstić information content (AvgIpc) is 2.48. The first-order chi connectivity index (χ1) is 9.55. The van der Waals surface area contributed by atoms with E-state index in [9.17, 15) is 14.7 Å². The van der Waals surface area contributed by atoms with Crippen LogP contribution in [0.5, 0.6) is 0 Å². The number of carbonyl (C=O) groups is 2. The summed E-state index contributed by atoms with van der Waals surface area (Å²) in [6, 6.07) is 9.44. The minimum atomic E-state index is -1.07. The summed E-state index contributed by atoms with van der Waals surface area (Å²) in [5.74, 6) is -1.46. The molecule has 1 amide bonds. The zero-order chi connectivity index (χ0) is 14.6. The van der Waals surface area contributed by atoms with Gasteiger partial charge in [0, 0.05) is 0 Å². The lowest BCUT2D eigenvalue weighted by atomic mass is 9.81. The summed E-state index contributed by atoms with van der Waals surface area (Å²) in [6.45, 7) is 1.81. The molecule has 0 unspecified atom stereocenters. The van der Waals surface area contributed by atoms with Crippen LogP contribution in [0.2, 0.25) is 0 Å². The summed E-state index contributed by atoms with van der Waals surface area (Å²) in [4.78, 5) is 23.9. The Morgan fingerprint density at radius 3 is 2.30 bits per heavy atom. The second kappa shape index (κ2) is 6.07. The van der Waals surface area contributed by atoms with Crippen molar-refractivity contribution in [3.63, 3.8) is 0 Å². The molecule has 0 bridgehead atoms. The van der Waals surface area contributed by atoms with Gasteiger partial charge in [-0.1, -0.05) is 49.6 Å². The molecular formula is C16H21NO3. The standard InChI is InChI=1S/C16H21NO3/c1-12(13-8-4-2-5-9-13)14(18)17-16(15(19)20)10-6-3-7-11-16/h2,4-5,8-9,12H,3,6-7,10-11H2,1H3,(H,17,18)(H,19,20)/t12-/m1/s1. The maximum atomic E-state index is 12.3. The van der Waals surface area contributed by atoms with Gasteiger partial charge in [0.1, 0.15) is 5.54 Å². The molecule has 1 aliphatic carbocycles. The van der Waals surface area contributed by atoms with E-state index in [4.69, 9.17) is 0 Å². The molecule has 1 atom stereocenters. The maximum absolute atomic E-state index is 12.3. The fourth-order valence-corrected chi connectivity index (χ4v) is 2.78. The van der Waals surface area contributed by atoms with E-state index in [2.05, 4.69) is 5.32 Å². The summed E-state index contributed by atoms with van der Waals surface area (Å²) in [5.41, 5.74) is -0.167. The number of nitrogens with one attached hydrogen (secondary N) is 1. The van der Waals surface area contributed by atoms with E-state index in [0.717, 1.165) is 24.8 Å². The second-order valence-corrected chi connectivity index (χ2v) is 5.57. The van der Waals surface area contributed by atoms with Crippen molar-refractivity contribution in [2.75, 3.05) is 0 Å². The third-order valence-corrected chi connectivity index (χ3v) is 4.17. The Morgan fingerprint density at radius 2 is 1.75 bits per heavy atom. The van der Waals surface area contributed by atoms with E-state index >= 15 is 0 Å². The van der Waals surface area contributed by atoms with Crippen LogP contribution in [-0.4, -0.2) is 22.5 Å². The smallest absolute Gasteiger partial charge is 0.329 e. The Morgan fingerprint density at radius 1 is 1.15 bits per heavy atom. The molecule has 0 aliphatic heterocycles. The van der Waals surface area contributed by atoms with Crippen molar-refractivity contribution in [2.45, 2.75) is 50.5 Å². The molecule has 1 saturated carbocycles. The minimum Gasteiger partial charge on any atom is -0.480 e. The predicted octanol–water partition coefficient (Wildman–Crippen LogP) is 2.69. The van der Waals surface area contributed by atoms with Crippen LogP contribution < -0.4 is 5.32 Å². The number of carboxylic acid groups (broad SMARTS) is 1. The normalized spacial score (nSPS) is 19.1. The first-order valence-electron chi connectivity index (χ1n) is 7.15. The van der Waals surface area contributed by atoms with Crippen molar-refractivity contribution < 1.29 is 14.7 Å². The van der Waals surface area contributed by atoms with Crippen LogP contribution in [0.25, 0.3) is 0 Å². The van der Waals surface area contributed by atoms with Crippen LogP contribution in [0.3, 0.4) is 0 Å². The van der Waals surface area contributed by atoms with Crippen molar-refractivity contribution in [1.82, 2.24) is 5.32 Å². The van der Waals surface area contributed by atoms with Crippen molar-refractivity contribution in [3.8, 4) is 0 Å². The van der Waals surface area contributed by atoms with Crippen LogP contribution >= 0.6 is 0 Å². The van der Waals surface area contributed by atoms with Crippen molar-refractivity contribution in [2.24, 2.45) is 0 Å². The number of aliphatic carboxylic acids is 1. The van der Waals surface area contributed by atoms with Gasteiger partial charge in [-0.05, 0) is 25.3 Å². The van der Waals surface area contributed by atoms with Gasteiger partial charge >= 0.3 is 5.97 Å². The average molecular weight is 275 g/mol. The van der Waals surface area contributed by atoms with Gasteiger partial charge in [-0.15, -0.1) is 0 Å². The maximum Gasteiger partial charge on any atom is 0.329 e. The molecule has 0 saturated heterocycles. The fourth-order valence-electron chi connectivity index (χ4n) is 2.78. The molecule has 1 fully saturated rings. The van der Waals surface area contributed by atoms with Crippen LogP contribution in [-0.2, 0) is 9.59 Å². The van der Waals surface area contributed by atoms with E-state index in [1.165, 1.54) is 0 Å². The van der Waals surface area contributed by atoms with Gasteiger partial charge in [-0.25, -0.2) is 4.79 Å². The Hall–Kier alpha value is -1.84. The molecule has 0 radical (unpaired) electrons. The first-order valence-corrected chi connectivity index (χ1v) is 7.15. The van der Waals surface area contributed by atoms with Crippen LogP contribution in [0, 0.1) is 0 Å². The van der Waals surface area contributed by atoms with Gasteiger partial charge < -0.3 is 10.4 Å². The molecule has 1 aromatic rings. The number of carbonyl (C=O) groups excluding carboxylic acids is 1. The van der Waals surface area contributed by atoms with Crippen molar-refractivity contribution in [3.05, 3.63) is 35.9 Å². The van der Waals surface area contributed by atoms with E-state index < -0.39 is 11.5 Å². The van der Waals surface area contributed by atoms with E-state index in [1.54, 1.807) is 0 Å². The van der Waals surface area contributed by atoms with E-state index in [-0.39, 0.29) is 11.8 Å². The monoisotopic (exact) mass is 275 g/mol. The number of hydrogen-bond donors (Lipinski definition) is 2. The molecule has 108 valence electrons. The molecule has 20 heavy (non-hydrogen) atoms. The Balaban J connectivity index is 2.11. The zero-order valence-corrected chi connectivity index (χ0v) is 11.8. The third-order valence-electron chi connectivity index (χ3n) is 4.17. The molecule has 1 aliphatic rings. The van der Waals surface area contributed by atoms with E-state index in [1.807, 2.05) is 37.3 Å². The van der Waals surface area contributed by atoms with Gasteiger partial charge in [0.05, 0.1) is 5.92 Å². The highest BCUT2D eigenvalue weighted by Crippen LogP contribution is 2.29. The quantitative estimate of drug-likeness (QED) is 0.887. The lowest BCUT2D eigenvalue weighted by molar-refractivity contribution is -0.149. The Labute approximate surface area is 119 Å². The Bertz CT molecular complexity index is 478. The van der Waals surface area contributed by atoms with Gasteiger partial charge in [0.2, 0.25) is 5.91 Å².